The summed E-state index contributed by atoms with van der Waals surface area (Å²) in [7, 11) is 0. The standard InChI is InChI=1S/C24H20ClN5O4S/c1-16(23(31)26-18-9-11-20(12-10-18)30(32)33)35-24-28-27-22(29(24)19-5-3-2-4-6-19)15-34-21-13-7-17(25)8-14-21/h2-14,16H,15H2,1H3,(H,26,31). The van der Waals surface area contributed by atoms with Crippen molar-refractivity contribution in [1.82, 2.24) is 14.8 Å². The fraction of sp³-hybridized carbons (Fsp3) is 0.125. The van der Waals surface area contributed by atoms with Crippen LogP contribution in [0.2, 0.25) is 5.02 Å². The minimum Gasteiger partial charge on any atom is -0.486 e. The molecule has 1 unspecified atom stereocenters. The predicted molar refractivity (Wildman–Crippen MR) is 134 cm³/mol. The number of hydrogen-bond acceptors (Lipinski definition) is 7. The lowest BCUT2D eigenvalue weighted by Gasteiger charge is -2.14. The molecule has 3 aromatic carbocycles. The van der Waals surface area contributed by atoms with E-state index in [0.717, 1.165) is 5.69 Å². The zero-order valence-corrected chi connectivity index (χ0v) is 20.1. The Balaban J connectivity index is 1.50. The van der Waals surface area contributed by atoms with Gasteiger partial charge in [-0.1, -0.05) is 41.6 Å². The summed E-state index contributed by atoms with van der Waals surface area (Å²) in [6, 6.07) is 22.2. The van der Waals surface area contributed by atoms with Crippen LogP contribution in [-0.2, 0) is 11.4 Å². The van der Waals surface area contributed by atoms with E-state index in [0.29, 0.717) is 27.4 Å². The molecule has 35 heavy (non-hydrogen) atoms. The molecule has 1 aromatic heterocycles. The van der Waals surface area contributed by atoms with Crippen molar-refractivity contribution in [2.24, 2.45) is 0 Å². The molecule has 4 aromatic rings. The lowest BCUT2D eigenvalue weighted by Crippen LogP contribution is -2.23. The number of carbonyl (C=O) groups is 1. The predicted octanol–water partition coefficient (Wildman–Crippen LogP) is 5.53. The second-order valence-electron chi connectivity index (χ2n) is 7.37. The number of carbonyl (C=O) groups excluding carboxylic acids is 1. The fourth-order valence-electron chi connectivity index (χ4n) is 3.11. The molecule has 0 saturated carbocycles. The number of amides is 1. The van der Waals surface area contributed by atoms with Crippen molar-refractivity contribution in [3.8, 4) is 11.4 Å². The average molecular weight is 510 g/mol. The quantitative estimate of drug-likeness (QED) is 0.179. The Morgan fingerprint density at radius 1 is 1.09 bits per heavy atom. The van der Waals surface area contributed by atoms with Gasteiger partial charge < -0.3 is 10.1 Å². The third-order valence-corrected chi connectivity index (χ3v) is 6.19. The number of halogens is 1. The molecule has 1 amide bonds. The van der Waals surface area contributed by atoms with Crippen LogP contribution in [0.25, 0.3) is 5.69 Å². The topological polar surface area (TPSA) is 112 Å². The van der Waals surface area contributed by atoms with E-state index in [1.165, 1.54) is 36.0 Å². The molecular formula is C24H20ClN5O4S. The van der Waals surface area contributed by atoms with Crippen molar-refractivity contribution < 1.29 is 14.5 Å². The van der Waals surface area contributed by atoms with Crippen LogP contribution >= 0.6 is 23.4 Å². The Labute approximate surface area is 210 Å². The molecule has 1 heterocycles. The average Bonchev–Trinajstić information content (AvgIpc) is 3.26. The smallest absolute Gasteiger partial charge is 0.269 e. The van der Waals surface area contributed by atoms with Gasteiger partial charge in [0.1, 0.15) is 12.4 Å². The van der Waals surface area contributed by atoms with Gasteiger partial charge in [-0.25, -0.2) is 0 Å². The van der Waals surface area contributed by atoms with Crippen molar-refractivity contribution in [2.45, 2.75) is 23.9 Å². The van der Waals surface area contributed by atoms with E-state index in [1.807, 2.05) is 34.9 Å². The number of nitro benzene ring substituents is 1. The third-order valence-electron chi connectivity index (χ3n) is 4.89. The lowest BCUT2D eigenvalue weighted by atomic mass is 10.3. The van der Waals surface area contributed by atoms with Crippen LogP contribution in [-0.4, -0.2) is 30.8 Å². The fourth-order valence-corrected chi connectivity index (χ4v) is 4.12. The number of ether oxygens (including phenoxy) is 1. The molecule has 0 fully saturated rings. The van der Waals surface area contributed by atoms with Crippen molar-refractivity contribution in [3.63, 3.8) is 0 Å². The Morgan fingerprint density at radius 3 is 2.43 bits per heavy atom. The molecule has 0 aliphatic carbocycles. The second kappa shape index (κ2) is 11.0. The van der Waals surface area contributed by atoms with Gasteiger partial charge in [0.05, 0.1) is 10.2 Å². The number of anilines is 1. The number of aromatic nitrogens is 3. The molecular weight excluding hydrogens is 490 g/mol. The molecule has 1 atom stereocenters. The minimum absolute atomic E-state index is 0.0465. The van der Waals surface area contributed by atoms with Gasteiger partial charge in [-0.2, -0.15) is 0 Å². The number of nitro groups is 1. The Hall–Kier alpha value is -3.89. The molecule has 1 N–H and O–H groups in total. The Morgan fingerprint density at radius 2 is 1.77 bits per heavy atom. The van der Waals surface area contributed by atoms with E-state index in [2.05, 4.69) is 15.5 Å². The highest BCUT2D eigenvalue weighted by atomic mass is 35.5. The Kier molecular flexibility index (Phi) is 7.64. The SMILES string of the molecule is CC(Sc1nnc(COc2ccc(Cl)cc2)n1-c1ccccc1)C(=O)Nc1ccc([N+](=O)[O-])cc1. The van der Waals surface area contributed by atoms with Gasteiger partial charge >= 0.3 is 0 Å². The number of non-ortho nitro benzene ring substituents is 1. The third kappa shape index (κ3) is 6.17. The van der Waals surface area contributed by atoms with Crippen LogP contribution in [0.4, 0.5) is 11.4 Å². The number of para-hydroxylation sites is 1. The van der Waals surface area contributed by atoms with Crippen molar-refractivity contribution >= 4 is 40.6 Å². The Bertz CT molecular complexity index is 1310. The number of rotatable bonds is 9. The van der Waals surface area contributed by atoms with Gasteiger partial charge in [-0.3, -0.25) is 19.5 Å². The molecule has 9 nitrogen and oxygen atoms in total. The highest BCUT2D eigenvalue weighted by Gasteiger charge is 2.22. The van der Waals surface area contributed by atoms with Gasteiger partial charge in [-0.15, -0.1) is 10.2 Å². The zero-order valence-electron chi connectivity index (χ0n) is 18.5. The number of nitrogens with zero attached hydrogens (tertiary/aromatic N) is 4. The number of nitrogens with one attached hydrogen (secondary N) is 1. The van der Waals surface area contributed by atoms with Crippen LogP contribution in [0.1, 0.15) is 12.7 Å². The van der Waals surface area contributed by atoms with Crippen molar-refractivity contribution in [1.29, 1.82) is 0 Å². The molecule has 0 spiro atoms. The van der Waals surface area contributed by atoms with E-state index in [4.69, 9.17) is 16.3 Å². The van der Waals surface area contributed by atoms with Gasteiger partial charge in [0.25, 0.3) is 5.69 Å². The minimum atomic E-state index is -0.526. The van der Waals surface area contributed by atoms with Crippen molar-refractivity contribution in [3.05, 3.63) is 99.8 Å². The summed E-state index contributed by atoms with van der Waals surface area (Å²) in [4.78, 5) is 23.1. The largest absolute Gasteiger partial charge is 0.486 e. The van der Waals surface area contributed by atoms with Crippen LogP contribution in [0.5, 0.6) is 5.75 Å². The normalized spacial score (nSPS) is 11.6. The van der Waals surface area contributed by atoms with Gasteiger partial charge in [0.15, 0.2) is 11.0 Å². The van der Waals surface area contributed by atoms with Crippen LogP contribution in [0.3, 0.4) is 0 Å². The summed E-state index contributed by atoms with van der Waals surface area (Å²) in [5.41, 5.74) is 1.25. The van der Waals surface area contributed by atoms with Crippen LogP contribution in [0, 0.1) is 10.1 Å². The number of benzene rings is 3. The summed E-state index contributed by atoms with van der Waals surface area (Å²) in [5.74, 6) is 0.934. The molecule has 11 heteroatoms. The summed E-state index contributed by atoms with van der Waals surface area (Å²) in [6.07, 6.45) is 0. The number of thioether (sulfide) groups is 1. The maximum absolute atomic E-state index is 12.8. The maximum atomic E-state index is 12.8. The van der Waals surface area contributed by atoms with Gasteiger partial charge in [0, 0.05) is 28.5 Å². The summed E-state index contributed by atoms with van der Waals surface area (Å²) in [6.45, 7) is 1.91. The van der Waals surface area contributed by atoms with Crippen LogP contribution < -0.4 is 10.1 Å². The number of hydrogen-bond donors (Lipinski definition) is 1. The van der Waals surface area contributed by atoms with Crippen LogP contribution in [0.15, 0.2) is 84.0 Å². The summed E-state index contributed by atoms with van der Waals surface area (Å²) < 4.78 is 7.71. The highest BCUT2D eigenvalue weighted by molar-refractivity contribution is 8.00. The van der Waals surface area contributed by atoms with E-state index < -0.39 is 10.2 Å². The monoisotopic (exact) mass is 509 g/mol. The first-order valence-electron chi connectivity index (χ1n) is 10.5. The molecule has 4 rings (SSSR count). The molecule has 178 valence electrons. The molecule has 0 aliphatic rings. The molecule has 0 saturated heterocycles. The first-order valence-corrected chi connectivity index (χ1v) is 11.8. The maximum Gasteiger partial charge on any atom is 0.269 e. The van der Waals surface area contributed by atoms with Crippen molar-refractivity contribution in [2.75, 3.05) is 5.32 Å². The van der Waals surface area contributed by atoms with E-state index in [9.17, 15) is 14.9 Å². The van der Waals surface area contributed by atoms with E-state index >= 15 is 0 Å². The van der Waals surface area contributed by atoms with E-state index in [-0.39, 0.29) is 18.2 Å². The molecule has 0 radical (unpaired) electrons. The summed E-state index contributed by atoms with van der Waals surface area (Å²) in [5, 5.41) is 22.8. The molecule has 0 bridgehead atoms. The zero-order chi connectivity index (χ0) is 24.8. The first kappa shape index (κ1) is 24.2. The first-order chi connectivity index (χ1) is 16.9. The van der Waals surface area contributed by atoms with Gasteiger partial charge in [-0.05, 0) is 55.5 Å². The second-order valence-corrected chi connectivity index (χ2v) is 9.11. The lowest BCUT2D eigenvalue weighted by molar-refractivity contribution is -0.384. The van der Waals surface area contributed by atoms with Gasteiger partial charge in [0.2, 0.25) is 5.91 Å². The van der Waals surface area contributed by atoms with E-state index in [1.54, 1.807) is 31.2 Å². The summed E-state index contributed by atoms with van der Waals surface area (Å²) >= 11 is 7.18. The highest BCUT2D eigenvalue weighted by Crippen LogP contribution is 2.27. The molecule has 0 aliphatic heterocycles.